The largest absolute Gasteiger partial charge is 0.436 e. The lowest BCUT2D eigenvalue weighted by molar-refractivity contribution is -0.384. The van der Waals surface area contributed by atoms with Gasteiger partial charge in [-0.1, -0.05) is 54.6 Å². The van der Waals surface area contributed by atoms with Crippen molar-refractivity contribution >= 4 is 17.8 Å². The van der Waals surface area contributed by atoms with Gasteiger partial charge in [0.2, 0.25) is 5.89 Å². The van der Waals surface area contributed by atoms with Crippen LogP contribution in [0.2, 0.25) is 0 Å². The van der Waals surface area contributed by atoms with E-state index in [0.717, 1.165) is 28.0 Å². The van der Waals surface area contributed by atoms with Gasteiger partial charge in [-0.25, -0.2) is 4.98 Å². The molecule has 0 unspecified atom stereocenters. The Kier molecular flexibility index (Phi) is 4.80. The van der Waals surface area contributed by atoms with Crippen LogP contribution in [0.4, 0.5) is 5.69 Å². The number of non-ortho nitro benzene ring substituents is 1. The fraction of sp³-hybridized carbons (Fsp3) is 0. The van der Waals surface area contributed by atoms with Crippen LogP contribution >= 0.6 is 0 Å². The van der Waals surface area contributed by atoms with Crippen LogP contribution in [0.25, 0.3) is 34.9 Å². The van der Waals surface area contributed by atoms with Gasteiger partial charge >= 0.3 is 0 Å². The van der Waals surface area contributed by atoms with E-state index in [0.29, 0.717) is 5.89 Å². The Morgan fingerprint density at radius 2 is 1.39 bits per heavy atom. The van der Waals surface area contributed by atoms with E-state index in [4.69, 9.17) is 4.42 Å². The summed E-state index contributed by atoms with van der Waals surface area (Å²) in [6.45, 7) is 0. The molecule has 0 spiro atoms. The van der Waals surface area contributed by atoms with Gasteiger partial charge in [0.05, 0.1) is 11.1 Å². The van der Waals surface area contributed by atoms with E-state index in [1.54, 1.807) is 18.3 Å². The van der Waals surface area contributed by atoms with Gasteiger partial charge in [-0.2, -0.15) is 0 Å². The lowest BCUT2D eigenvalue weighted by Crippen LogP contribution is -1.86. The van der Waals surface area contributed by atoms with E-state index >= 15 is 0 Å². The van der Waals surface area contributed by atoms with Crippen LogP contribution in [0, 0.1) is 10.1 Å². The van der Waals surface area contributed by atoms with Gasteiger partial charge in [0, 0.05) is 23.3 Å². The first-order chi connectivity index (χ1) is 13.7. The van der Waals surface area contributed by atoms with E-state index in [-0.39, 0.29) is 5.69 Å². The third kappa shape index (κ3) is 3.88. The highest BCUT2D eigenvalue weighted by Crippen LogP contribution is 2.26. The number of nitro benzene ring substituents is 1. The number of benzene rings is 3. The van der Waals surface area contributed by atoms with Gasteiger partial charge in [-0.3, -0.25) is 10.1 Å². The predicted octanol–water partition coefficient (Wildman–Crippen LogP) is 6.09. The Balaban J connectivity index is 1.48. The van der Waals surface area contributed by atoms with Crippen LogP contribution in [0.5, 0.6) is 0 Å². The molecule has 0 atom stereocenters. The number of aromatic nitrogens is 1. The fourth-order valence-electron chi connectivity index (χ4n) is 2.78. The zero-order chi connectivity index (χ0) is 19.3. The summed E-state index contributed by atoms with van der Waals surface area (Å²) in [6, 6.07) is 24.1. The maximum Gasteiger partial charge on any atom is 0.269 e. The van der Waals surface area contributed by atoms with Gasteiger partial charge in [0.15, 0.2) is 5.76 Å². The van der Waals surface area contributed by atoms with Gasteiger partial charge in [0.1, 0.15) is 0 Å². The molecule has 1 heterocycles. The number of rotatable bonds is 5. The topological polar surface area (TPSA) is 69.2 Å². The summed E-state index contributed by atoms with van der Waals surface area (Å²) in [6.07, 6.45) is 5.60. The molecule has 0 aliphatic heterocycles. The standard InChI is InChI=1S/C23H16N2O3/c26-25(27)21-14-10-18(11-15-21)7-6-17-8-12-20(13-9-17)23-24-16-22(28-23)19-4-2-1-3-5-19/h1-16H/b7-6+. The number of hydrogen-bond donors (Lipinski definition) is 0. The fourth-order valence-corrected chi connectivity index (χ4v) is 2.78. The van der Waals surface area contributed by atoms with Gasteiger partial charge in [-0.15, -0.1) is 0 Å². The SMILES string of the molecule is O=[N+]([O-])c1ccc(/C=C/c2ccc(-c3ncc(-c4ccccc4)o3)cc2)cc1. The molecule has 4 aromatic rings. The molecule has 28 heavy (non-hydrogen) atoms. The van der Waals surface area contributed by atoms with E-state index in [9.17, 15) is 10.1 Å². The quantitative estimate of drug-likeness (QED) is 0.243. The van der Waals surface area contributed by atoms with Crippen molar-refractivity contribution in [3.8, 4) is 22.8 Å². The van der Waals surface area contributed by atoms with Gasteiger partial charge in [-0.05, 0) is 35.4 Å². The summed E-state index contributed by atoms with van der Waals surface area (Å²) in [5.74, 6) is 1.31. The molecular formula is C23H16N2O3. The van der Waals surface area contributed by atoms with Crippen molar-refractivity contribution in [2.24, 2.45) is 0 Å². The molecule has 0 bridgehead atoms. The molecule has 1 aromatic heterocycles. The molecule has 4 rings (SSSR count). The predicted molar refractivity (Wildman–Crippen MR) is 109 cm³/mol. The third-order valence-corrected chi connectivity index (χ3v) is 4.29. The van der Waals surface area contributed by atoms with Crippen LogP contribution in [0.1, 0.15) is 11.1 Å². The molecule has 0 aliphatic carbocycles. The lowest BCUT2D eigenvalue weighted by Gasteiger charge is -1.99. The molecular weight excluding hydrogens is 352 g/mol. The van der Waals surface area contributed by atoms with E-state index in [2.05, 4.69) is 4.98 Å². The summed E-state index contributed by atoms with van der Waals surface area (Å²) in [4.78, 5) is 14.7. The Bertz CT molecular complexity index is 1110. The molecule has 0 saturated heterocycles. The highest BCUT2D eigenvalue weighted by molar-refractivity contribution is 5.71. The molecule has 0 fully saturated rings. The van der Waals surface area contributed by atoms with Crippen LogP contribution in [-0.4, -0.2) is 9.91 Å². The lowest BCUT2D eigenvalue weighted by atomic mass is 10.1. The molecule has 3 aromatic carbocycles. The van der Waals surface area contributed by atoms with Gasteiger partial charge in [0.25, 0.3) is 5.69 Å². The number of nitro groups is 1. The molecule has 136 valence electrons. The van der Waals surface area contributed by atoms with Crippen LogP contribution in [0.3, 0.4) is 0 Å². The normalized spacial score (nSPS) is 11.0. The maximum atomic E-state index is 10.7. The van der Waals surface area contributed by atoms with Crippen molar-refractivity contribution in [1.29, 1.82) is 0 Å². The second-order valence-corrected chi connectivity index (χ2v) is 6.20. The highest BCUT2D eigenvalue weighted by atomic mass is 16.6. The molecule has 5 nitrogen and oxygen atoms in total. The summed E-state index contributed by atoms with van der Waals surface area (Å²) >= 11 is 0. The minimum absolute atomic E-state index is 0.0855. The average Bonchev–Trinajstić information content (AvgIpc) is 3.24. The van der Waals surface area contributed by atoms with E-state index < -0.39 is 4.92 Å². The first-order valence-corrected chi connectivity index (χ1v) is 8.73. The Hall–Kier alpha value is -3.99. The van der Waals surface area contributed by atoms with Crippen molar-refractivity contribution in [3.05, 3.63) is 106 Å². The molecule has 0 radical (unpaired) electrons. The molecule has 5 heteroatoms. The minimum Gasteiger partial charge on any atom is -0.436 e. The molecule has 0 N–H and O–H groups in total. The summed E-state index contributed by atoms with van der Waals surface area (Å²) < 4.78 is 5.87. The highest BCUT2D eigenvalue weighted by Gasteiger charge is 2.08. The Morgan fingerprint density at radius 3 is 2.00 bits per heavy atom. The average molecular weight is 368 g/mol. The first kappa shape index (κ1) is 17.4. The van der Waals surface area contributed by atoms with E-state index in [1.807, 2.05) is 66.7 Å². The Morgan fingerprint density at radius 1 is 0.786 bits per heavy atom. The summed E-state index contributed by atoms with van der Waals surface area (Å²) in [5.41, 5.74) is 3.88. The van der Waals surface area contributed by atoms with Gasteiger partial charge < -0.3 is 4.42 Å². The van der Waals surface area contributed by atoms with Crippen LogP contribution in [-0.2, 0) is 0 Å². The number of hydrogen-bond acceptors (Lipinski definition) is 4. The van der Waals surface area contributed by atoms with Crippen molar-refractivity contribution in [1.82, 2.24) is 4.98 Å². The molecule has 0 amide bonds. The number of oxazole rings is 1. The van der Waals surface area contributed by atoms with Crippen molar-refractivity contribution in [2.45, 2.75) is 0 Å². The monoisotopic (exact) mass is 368 g/mol. The summed E-state index contributed by atoms with van der Waals surface area (Å²) in [5, 5.41) is 10.7. The second-order valence-electron chi connectivity index (χ2n) is 6.20. The number of nitrogens with zero attached hydrogens (tertiary/aromatic N) is 2. The molecule has 0 saturated carbocycles. The summed E-state index contributed by atoms with van der Waals surface area (Å²) in [7, 11) is 0. The first-order valence-electron chi connectivity index (χ1n) is 8.73. The van der Waals surface area contributed by atoms with Crippen molar-refractivity contribution in [3.63, 3.8) is 0 Å². The zero-order valence-corrected chi connectivity index (χ0v) is 14.9. The van der Waals surface area contributed by atoms with Crippen molar-refractivity contribution < 1.29 is 9.34 Å². The van der Waals surface area contributed by atoms with Crippen LogP contribution in [0.15, 0.2) is 89.5 Å². The smallest absolute Gasteiger partial charge is 0.269 e. The molecule has 0 aliphatic rings. The second kappa shape index (κ2) is 7.72. The van der Waals surface area contributed by atoms with E-state index in [1.165, 1.54) is 12.1 Å². The minimum atomic E-state index is -0.405. The third-order valence-electron chi connectivity index (χ3n) is 4.29. The van der Waals surface area contributed by atoms with Crippen LogP contribution < -0.4 is 0 Å². The zero-order valence-electron chi connectivity index (χ0n) is 14.9. The van der Waals surface area contributed by atoms with Crippen molar-refractivity contribution in [2.75, 3.05) is 0 Å². The Labute approximate surface area is 161 Å². The maximum absolute atomic E-state index is 10.7.